The Morgan fingerprint density at radius 3 is 2.88 bits per heavy atom. The molecule has 6 nitrogen and oxygen atoms in total. The van der Waals surface area contributed by atoms with E-state index < -0.39 is 5.91 Å². The van der Waals surface area contributed by atoms with Crippen LogP contribution in [0.1, 0.15) is 12.8 Å². The van der Waals surface area contributed by atoms with E-state index in [-0.39, 0.29) is 17.4 Å². The molecule has 0 aliphatic carbocycles. The molecule has 25 heavy (non-hydrogen) atoms. The Balaban J connectivity index is 1.72. The first-order chi connectivity index (χ1) is 12.2. The first-order valence-electron chi connectivity index (χ1n) is 8.16. The molecule has 1 amide bonds. The monoisotopic (exact) mass is 337 g/mol. The fourth-order valence-corrected chi connectivity index (χ4v) is 2.84. The smallest absolute Gasteiger partial charge is 0.267 e. The molecule has 0 radical (unpaired) electrons. The minimum atomic E-state index is -0.502. The summed E-state index contributed by atoms with van der Waals surface area (Å²) in [5.74, 6) is -0.360. The number of fused-ring (bicyclic) bond motifs is 1. The maximum Gasteiger partial charge on any atom is 0.267 e. The van der Waals surface area contributed by atoms with Crippen molar-refractivity contribution in [3.63, 3.8) is 0 Å². The van der Waals surface area contributed by atoms with E-state index in [2.05, 4.69) is 10.6 Å². The van der Waals surface area contributed by atoms with Crippen molar-refractivity contribution in [1.29, 1.82) is 5.26 Å². The van der Waals surface area contributed by atoms with Crippen LogP contribution in [0.3, 0.4) is 0 Å². The van der Waals surface area contributed by atoms with Gasteiger partial charge in [0.25, 0.3) is 5.91 Å². The van der Waals surface area contributed by atoms with Gasteiger partial charge >= 0.3 is 0 Å². The van der Waals surface area contributed by atoms with Gasteiger partial charge in [0.15, 0.2) is 0 Å². The Hall–Kier alpha value is -3.04. The number of ether oxygens (including phenoxy) is 1. The maximum absolute atomic E-state index is 12.4. The maximum atomic E-state index is 12.4. The highest BCUT2D eigenvalue weighted by Gasteiger charge is 2.15. The van der Waals surface area contributed by atoms with Crippen molar-refractivity contribution < 1.29 is 14.6 Å². The predicted molar refractivity (Wildman–Crippen MR) is 94.9 cm³/mol. The molecular weight excluding hydrogens is 318 g/mol. The Morgan fingerprint density at radius 2 is 2.12 bits per heavy atom. The number of nitrogens with one attached hydrogen (secondary N) is 2. The van der Waals surface area contributed by atoms with E-state index in [9.17, 15) is 15.2 Å². The molecule has 1 heterocycles. The molecule has 3 rings (SSSR count). The molecular formula is C19H19N3O3. The number of nitriles is 1. The van der Waals surface area contributed by atoms with Crippen molar-refractivity contribution >= 4 is 22.4 Å². The Kier molecular flexibility index (Phi) is 5.17. The summed E-state index contributed by atoms with van der Waals surface area (Å²) in [4.78, 5) is 12.4. The number of aromatic hydroxyl groups is 1. The van der Waals surface area contributed by atoms with Gasteiger partial charge < -0.3 is 20.5 Å². The van der Waals surface area contributed by atoms with Gasteiger partial charge in [0, 0.05) is 35.8 Å². The van der Waals surface area contributed by atoms with E-state index >= 15 is 0 Å². The first kappa shape index (κ1) is 16.8. The molecule has 1 saturated heterocycles. The number of hydrogen-bond donors (Lipinski definition) is 3. The number of rotatable bonds is 5. The quantitative estimate of drug-likeness (QED) is 0.576. The van der Waals surface area contributed by atoms with Crippen LogP contribution in [0.2, 0.25) is 0 Å². The van der Waals surface area contributed by atoms with Gasteiger partial charge in [0.1, 0.15) is 17.4 Å². The molecule has 1 aliphatic heterocycles. The molecule has 2 aromatic carbocycles. The third-order valence-corrected chi connectivity index (χ3v) is 4.13. The minimum Gasteiger partial charge on any atom is -0.507 e. The molecule has 1 atom stereocenters. The molecule has 128 valence electrons. The molecule has 0 bridgehead atoms. The number of anilines is 1. The van der Waals surface area contributed by atoms with Crippen LogP contribution >= 0.6 is 0 Å². The van der Waals surface area contributed by atoms with Crippen LogP contribution in [-0.4, -0.2) is 30.3 Å². The lowest BCUT2D eigenvalue weighted by Crippen LogP contribution is -2.24. The van der Waals surface area contributed by atoms with E-state index in [0.717, 1.165) is 19.4 Å². The Labute approximate surface area is 145 Å². The van der Waals surface area contributed by atoms with E-state index in [4.69, 9.17) is 4.74 Å². The fourth-order valence-electron chi connectivity index (χ4n) is 2.84. The van der Waals surface area contributed by atoms with E-state index in [0.29, 0.717) is 23.0 Å². The largest absolute Gasteiger partial charge is 0.507 e. The van der Waals surface area contributed by atoms with Crippen LogP contribution in [0.15, 0.2) is 48.2 Å². The van der Waals surface area contributed by atoms with Crippen molar-refractivity contribution in [3.05, 3.63) is 48.2 Å². The van der Waals surface area contributed by atoms with Crippen molar-refractivity contribution in [1.82, 2.24) is 5.32 Å². The van der Waals surface area contributed by atoms with Crippen LogP contribution in [0.5, 0.6) is 5.75 Å². The summed E-state index contributed by atoms with van der Waals surface area (Å²) in [7, 11) is 0. The molecule has 0 saturated carbocycles. The summed E-state index contributed by atoms with van der Waals surface area (Å²) in [5, 5.41) is 26.2. The second-order valence-corrected chi connectivity index (χ2v) is 5.85. The molecule has 1 aliphatic rings. The number of amides is 1. The second kappa shape index (κ2) is 7.69. The van der Waals surface area contributed by atoms with Gasteiger partial charge in [-0.05, 0) is 25.0 Å². The van der Waals surface area contributed by atoms with Crippen molar-refractivity contribution in [3.8, 4) is 11.8 Å². The summed E-state index contributed by atoms with van der Waals surface area (Å²) >= 11 is 0. The highest BCUT2D eigenvalue weighted by Crippen LogP contribution is 2.29. The van der Waals surface area contributed by atoms with Crippen molar-refractivity contribution in [2.75, 3.05) is 18.5 Å². The fraction of sp³-hybridized carbons (Fsp3) is 0.263. The van der Waals surface area contributed by atoms with Crippen LogP contribution in [-0.2, 0) is 9.53 Å². The topological polar surface area (TPSA) is 94.4 Å². The minimum absolute atomic E-state index is 0.0184. The number of carbonyl (C=O) groups is 1. The highest BCUT2D eigenvalue weighted by molar-refractivity contribution is 6.11. The summed E-state index contributed by atoms with van der Waals surface area (Å²) in [6.45, 7) is 1.33. The van der Waals surface area contributed by atoms with Gasteiger partial charge in [-0.2, -0.15) is 5.26 Å². The predicted octanol–water partition coefficient (Wildman–Crippen LogP) is 2.66. The van der Waals surface area contributed by atoms with Gasteiger partial charge in [0.05, 0.1) is 6.10 Å². The number of phenols is 1. The molecule has 0 aromatic heterocycles. The van der Waals surface area contributed by atoms with Crippen molar-refractivity contribution in [2.45, 2.75) is 18.9 Å². The number of phenolic OH excluding ortho intramolecular Hbond substituents is 1. The lowest BCUT2D eigenvalue weighted by Gasteiger charge is -2.10. The summed E-state index contributed by atoms with van der Waals surface area (Å²) < 4.78 is 5.49. The molecule has 1 unspecified atom stereocenters. The third-order valence-electron chi connectivity index (χ3n) is 4.13. The number of carbonyl (C=O) groups excluding carboxylic acids is 1. The zero-order valence-corrected chi connectivity index (χ0v) is 13.7. The average molecular weight is 337 g/mol. The van der Waals surface area contributed by atoms with Crippen LogP contribution in [0.4, 0.5) is 5.69 Å². The number of benzene rings is 2. The zero-order valence-electron chi connectivity index (χ0n) is 13.7. The van der Waals surface area contributed by atoms with E-state index in [1.165, 1.54) is 6.20 Å². The zero-order chi connectivity index (χ0) is 17.6. The summed E-state index contributed by atoms with van der Waals surface area (Å²) in [5.41, 5.74) is 0.522. The van der Waals surface area contributed by atoms with Crippen molar-refractivity contribution in [2.24, 2.45) is 0 Å². The van der Waals surface area contributed by atoms with Crippen LogP contribution in [0.25, 0.3) is 10.8 Å². The lowest BCUT2D eigenvalue weighted by atomic mass is 10.1. The molecule has 6 heteroatoms. The molecule has 3 N–H and O–H groups in total. The van der Waals surface area contributed by atoms with Gasteiger partial charge in [-0.25, -0.2) is 0 Å². The highest BCUT2D eigenvalue weighted by atomic mass is 16.5. The molecule has 1 fully saturated rings. The van der Waals surface area contributed by atoms with E-state index in [1.807, 2.05) is 6.07 Å². The lowest BCUT2D eigenvalue weighted by molar-refractivity contribution is -0.112. The number of nitrogens with zero attached hydrogens (tertiary/aromatic N) is 1. The van der Waals surface area contributed by atoms with Crippen LogP contribution in [0, 0.1) is 11.3 Å². The van der Waals surface area contributed by atoms with E-state index in [1.54, 1.807) is 36.4 Å². The second-order valence-electron chi connectivity index (χ2n) is 5.85. The normalized spacial score (nSPS) is 17.2. The van der Waals surface area contributed by atoms with Gasteiger partial charge in [0.2, 0.25) is 0 Å². The third kappa shape index (κ3) is 3.90. The number of hydrogen-bond acceptors (Lipinski definition) is 5. The standard InChI is InChI=1S/C19H19N3O3/c20-10-13(11-21-12-14-4-3-9-25-14)19(24)22-17-7-1-6-16-15(17)5-2-8-18(16)23/h1-2,5-8,11,14,21,23H,3-4,9,12H2,(H,22,24)/b13-11-. The Morgan fingerprint density at radius 1 is 1.32 bits per heavy atom. The summed E-state index contributed by atoms with van der Waals surface area (Å²) in [6.07, 6.45) is 3.56. The van der Waals surface area contributed by atoms with Crippen LogP contribution < -0.4 is 10.6 Å². The Bertz CT molecular complexity index is 849. The molecule has 0 spiro atoms. The van der Waals surface area contributed by atoms with Gasteiger partial charge in [-0.3, -0.25) is 4.79 Å². The summed E-state index contributed by atoms with van der Waals surface area (Å²) in [6, 6.07) is 12.2. The average Bonchev–Trinajstić information content (AvgIpc) is 3.13. The van der Waals surface area contributed by atoms with Gasteiger partial charge in [-0.1, -0.05) is 24.3 Å². The first-order valence-corrected chi connectivity index (χ1v) is 8.16. The molecule has 2 aromatic rings. The van der Waals surface area contributed by atoms with Gasteiger partial charge in [-0.15, -0.1) is 0 Å². The SMILES string of the molecule is N#C/C(=C/NCC1CCCO1)C(=O)Nc1cccc2c(O)cccc12.